The molecule has 0 bridgehead atoms. The van der Waals surface area contributed by atoms with Crippen molar-refractivity contribution in [2.45, 2.75) is 19.3 Å². The van der Waals surface area contributed by atoms with Crippen LogP contribution in [0.15, 0.2) is 12.4 Å². The number of rotatable bonds is 5. The van der Waals surface area contributed by atoms with Gasteiger partial charge < -0.3 is 16.0 Å². The van der Waals surface area contributed by atoms with Gasteiger partial charge >= 0.3 is 0 Å². The smallest absolute Gasteiger partial charge is 0.271 e. The summed E-state index contributed by atoms with van der Waals surface area (Å²) >= 11 is 0. The normalized spacial score (nSPS) is 15.8. The fourth-order valence-corrected chi connectivity index (χ4v) is 2.06. The molecule has 1 aromatic heterocycles. The molecule has 0 atom stereocenters. The van der Waals surface area contributed by atoms with Crippen LogP contribution in [0.2, 0.25) is 0 Å². The number of hydrogen-bond donors (Lipinski definition) is 2. The van der Waals surface area contributed by atoms with Crippen LogP contribution in [0.5, 0.6) is 0 Å². The Bertz CT molecular complexity index is 386. The topological polar surface area (TPSA) is 84.1 Å². The molecule has 1 aliphatic rings. The minimum absolute atomic E-state index is 0.191. The second-order valence-electron chi connectivity index (χ2n) is 4.48. The summed E-state index contributed by atoms with van der Waals surface area (Å²) in [6.07, 6.45) is 6.35. The van der Waals surface area contributed by atoms with Gasteiger partial charge in [0.25, 0.3) is 5.91 Å². The zero-order valence-corrected chi connectivity index (χ0v) is 10.4. The summed E-state index contributed by atoms with van der Waals surface area (Å²) in [7, 11) is 0. The maximum atomic E-state index is 11.7. The molecule has 1 aliphatic heterocycles. The number of amides is 1. The number of likely N-dealkylation sites (tertiary alicyclic amines) is 1. The molecule has 1 fully saturated rings. The highest BCUT2D eigenvalue weighted by molar-refractivity contribution is 5.91. The average molecular weight is 249 g/mol. The van der Waals surface area contributed by atoms with Crippen molar-refractivity contribution >= 4 is 11.7 Å². The molecule has 1 aromatic rings. The molecule has 1 saturated heterocycles. The van der Waals surface area contributed by atoms with Gasteiger partial charge in [0.15, 0.2) is 0 Å². The van der Waals surface area contributed by atoms with Crippen LogP contribution >= 0.6 is 0 Å². The molecule has 1 amide bonds. The van der Waals surface area contributed by atoms with Gasteiger partial charge in [-0.1, -0.05) is 0 Å². The number of carbonyl (C=O) groups is 1. The number of hydrogen-bond acceptors (Lipinski definition) is 5. The number of nitrogen functional groups attached to an aromatic ring is 1. The van der Waals surface area contributed by atoms with Crippen LogP contribution in [0.25, 0.3) is 0 Å². The van der Waals surface area contributed by atoms with E-state index >= 15 is 0 Å². The molecule has 2 heterocycles. The van der Waals surface area contributed by atoms with Gasteiger partial charge in [0.1, 0.15) is 11.5 Å². The van der Waals surface area contributed by atoms with Crippen molar-refractivity contribution < 1.29 is 4.79 Å². The Labute approximate surface area is 107 Å². The molecule has 98 valence electrons. The molecule has 0 aliphatic carbocycles. The third kappa shape index (κ3) is 3.66. The minimum atomic E-state index is -0.191. The van der Waals surface area contributed by atoms with E-state index in [1.807, 2.05) is 0 Å². The van der Waals surface area contributed by atoms with Crippen molar-refractivity contribution in [1.29, 1.82) is 0 Å². The third-order valence-electron chi connectivity index (χ3n) is 3.04. The molecule has 0 radical (unpaired) electrons. The largest absolute Gasteiger partial charge is 0.382 e. The number of aromatic nitrogens is 2. The van der Waals surface area contributed by atoms with Crippen LogP contribution in [0.1, 0.15) is 29.8 Å². The van der Waals surface area contributed by atoms with Gasteiger partial charge in [-0.05, 0) is 38.9 Å². The zero-order valence-electron chi connectivity index (χ0n) is 10.4. The van der Waals surface area contributed by atoms with Crippen LogP contribution in [0, 0.1) is 0 Å². The lowest BCUT2D eigenvalue weighted by Crippen LogP contribution is -2.29. The summed E-state index contributed by atoms with van der Waals surface area (Å²) in [5.41, 5.74) is 5.72. The maximum absolute atomic E-state index is 11.7. The zero-order chi connectivity index (χ0) is 12.8. The third-order valence-corrected chi connectivity index (χ3v) is 3.04. The van der Waals surface area contributed by atoms with Gasteiger partial charge in [-0.15, -0.1) is 0 Å². The number of nitrogens with two attached hydrogens (primary N) is 1. The van der Waals surface area contributed by atoms with E-state index in [1.54, 1.807) is 0 Å². The molecule has 6 nitrogen and oxygen atoms in total. The first-order valence-electron chi connectivity index (χ1n) is 6.34. The van der Waals surface area contributed by atoms with Crippen molar-refractivity contribution in [3.63, 3.8) is 0 Å². The lowest BCUT2D eigenvalue weighted by atomic mass is 10.3. The minimum Gasteiger partial charge on any atom is -0.382 e. The first-order chi connectivity index (χ1) is 8.75. The van der Waals surface area contributed by atoms with Crippen LogP contribution in [0.4, 0.5) is 5.82 Å². The molecule has 0 aromatic carbocycles. The van der Waals surface area contributed by atoms with Crippen molar-refractivity contribution in [2.75, 3.05) is 31.9 Å². The van der Waals surface area contributed by atoms with Gasteiger partial charge in [-0.25, -0.2) is 9.97 Å². The highest BCUT2D eigenvalue weighted by Gasteiger charge is 2.11. The van der Waals surface area contributed by atoms with Gasteiger partial charge in [0.05, 0.1) is 12.4 Å². The van der Waals surface area contributed by atoms with E-state index in [1.165, 1.54) is 38.3 Å². The van der Waals surface area contributed by atoms with Gasteiger partial charge in [0, 0.05) is 6.54 Å². The van der Waals surface area contributed by atoms with Crippen LogP contribution in [0.3, 0.4) is 0 Å². The second kappa shape index (κ2) is 6.30. The van der Waals surface area contributed by atoms with Crippen molar-refractivity contribution in [3.8, 4) is 0 Å². The number of nitrogens with zero attached hydrogens (tertiary/aromatic N) is 3. The average Bonchev–Trinajstić information content (AvgIpc) is 2.88. The van der Waals surface area contributed by atoms with Crippen molar-refractivity contribution in [2.24, 2.45) is 0 Å². The SMILES string of the molecule is Nc1cnc(C(=O)NCCCN2CCCC2)cn1. The van der Waals surface area contributed by atoms with Crippen molar-refractivity contribution in [1.82, 2.24) is 20.2 Å². The van der Waals surface area contributed by atoms with E-state index in [2.05, 4.69) is 20.2 Å². The van der Waals surface area contributed by atoms with Gasteiger partial charge in [-0.2, -0.15) is 0 Å². The Balaban J connectivity index is 1.66. The summed E-state index contributed by atoms with van der Waals surface area (Å²) in [5, 5.41) is 2.83. The number of nitrogens with one attached hydrogen (secondary N) is 1. The summed E-state index contributed by atoms with van der Waals surface area (Å²) in [6.45, 7) is 4.10. The highest BCUT2D eigenvalue weighted by atomic mass is 16.1. The first-order valence-corrected chi connectivity index (χ1v) is 6.34. The van der Waals surface area contributed by atoms with E-state index in [9.17, 15) is 4.79 Å². The number of carbonyl (C=O) groups excluding carboxylic acids is 1. The predicted molar refractivity (Wildman–Crippen MR) is 69.1 cm³/mol. The molecule has 0 unspecified atom stereocenters. The van der Waals surface area contributed by atoms with Crippen LogP contribution in [-0.2, 0) is 0 Å². The van der Waals surface area contributed by atoms with Gasteiger partial charge in [0.2, 0.25) is 0 Å². The summed E-state index contributed by atoms with van der Waals surface area (Å²) in [5.74, 6) is 0.129. The van der Waals surface area contributed by atoms with E-state index in [0.717, 1.165) is 13.0 Å². The van der Waals surface area contributed by atoms with E-state index < -0.39 is 0 Å². The Morgan fingerprint density at radius 1 is 1.33 bits per heavy atom. The molecule has 0 spiro atoms. The molecular weight excluding hydrogens is 230 g/mol. The molecule has 0 saturated carbocycles. The lowest BCUT2D eigenvalue weighted by Gasteiger charge is -2.14. The standard InChI is InChI=1S/C12H19N5O/c13-11-9-15-10(8-16-11)12(18)14-4-3-7-17-5-1-2-6-17/h8-9H,1-7H2,(H2,13,16)(H,14,18). The molecule has 3 N–H and O–H groups in total. The summed E-state index contributed by atoms with van der Waals surface area (Å²) < 4.78 is 0. The quantitative estimate of drug-likeness (QED) is 0.732. The van der Waals surface area contributed by atoms with E-state index in [4.69, 9.17) is 5.73 Å². The number of anilines is 1. The van der Waals surface area contributed by atoms with Crippen molar-refractivity contribution in [3.05, 3.63) is 18.1 Å². The Morgan fingerprint density at radius 3 is 2.78 bits per heavy atom. The fraction of sp³-hybridized carbons (Fsp3) is 0.583. The Kier molecular flexibility index (Phi) is 4.46. The second-order valence-corrected chi connectivity index (χ2v) is 4.48. The Morgan fingerprint density at radius 2 is 2.11 bits per heavy atom. The highest BCUT2D eigenvalue weighted by Crippen LogP contribution is 2.06. The fourth-order valence-electron chi connectivity index (χ4n) is 2.06. The van der Waals surface area contributed by atoms with E-state index in [0.29, 0.717) is 18.1 Å². The summed E-state index contributed by atoms with van der Waals surface area (Å²) in [4.78, 5) is 21.9. The maximum Gasteiger partial charge on any atom is 0.271 e. The molecule has 18 heavy (non-hydrogen) atoms. The lowest BCUT2D eigenvalue weighted by molar-refractivity contribution is 0.0946. The monoisotopic (exact) mass is 249 g/mol. The molecule has 2 rings (SSSR count). The van der Waals surface area contributed by atoms with E-state index in [-0.39, 0.29) is 5.91 Å². The Hall–Kier alpha value is -1.69. The molecule has 6 heteroatoms. The first kappa shape index (κ1) is 12.8. The van der Waals surface area contributed by atoms with Gasteiger partial charge in [-0.3, -0.25) is 4.79 Å². The van der Waals surface area contributed by atoms with Crippen LogP contribution < -0.4 is 11.1 Å². The predicted octanol–water partition coefficient (Wildman–Crippen LogP) is 0.274. The summed E-state index contributed by atoms with van der Waals surface area (Å²) in [6, 6.07) is 0. The molecular formula is C12H19N5O. The van der Waals surface area contributed by atoms with Crippen LogP contribution in [-0.4, -0.2) is 47.0 Å².